The van der Waals surface area contributed by atoms with Crippen molar-refractivity contribution < 1.29 is 14.3 Å². The number of carbonyl (C=O) groups excluding carboxylic acids is 2. The minimum absolute atomic E-state index is 0.364. The molecule has 0 heterocycles. The van der Waals surface area contributed by atoms with Crippen LogP contribution in [0, 0.1) is 0 Å². The van der Waals surface area contributed by atoms with Crippen LogP contribution in [0.15, 0.2) is 133 Å². The quantitative estimate of drug-likeness (QED) is 0.128. The molecule has 0 bridgehead atoms. The maximum Gasteiger partial charge on any atom is 0.346 e. The average molecular weight is 527 g/mol. The molecule has 0 radical (unpaired) electrons. The Hall–Kier alpha value is -5.54. The molecule has 8 aromatic rings. The van der Waals surface area contributed by atoms with Crippen molar-refractivity contribution in [3.63, 3.8) is 0 Å². The van der Waals surface area contributed by atoms with Gasteiger partial charge in [-0.15, -0.1) is 0 Å². The molecule has 0 N–H and O–H groups in total. The third-order valence-electron chi connectivity index (χ3n) is 8.19. The van der Waals surface area contributed by atoms with E-state index in [1.54, 1.807) is 12.1 Å². The SMILES string of the molecule is O=C(OC(=O)c1cccc2c1ccc1c3ccccc3ccc21)c1cccc2c1ccc1c3ccccc3ccc21. The monoisotopic (exact) mass is 526 g/mol. The smallest absolute Gasteiger partial charge is 0.346 e. The topological polar surface area (TPSA) is 43.4 Å². The lowest BCUT2D eigenvalue weighted by Gasteiger charge is -2.12. The van der Waals surface area contributed by atoms with E-state index in [4.69, 9.17) is 4.74 Å². The highest BCUT2D eigenvalue weighted by molar-refractivity contribution is 6.23. The number of hydrogen-bond donors (Lipinski definition) is 0. The molecule has 0 aliphatic carbocycles. The zero-order valence-corrected chi connectivity index (χ0v) is 21.9. The van der Waals surface area contributed by atoms with Crippen molar-refractivity contribution in [2.75, 3.05) is 0 Å². The van der Waals surface area contributed by atoms with E-state index < -0.39 is 11.9 Å². The molecule has 0 fully saturated rings. The first kappa shape index (κ1) is 23.4. The summed E-state index contributed by atoms with van der Waals surface area (Å²) < 4.78 is 5.53. The van der Waals surface area contributed by atoms with Crippen molar-refractivity contribution in [2.24, 2.45) is 0 Å². The highest BCUT2D eigenvalue weighted by Gasteiger charge is 2.20. The average Bonchev–Trinajstić information content (AvgIpc) is 3.03. The van der Waals surface area contributed by atoms with Crippen LogP contribution in [0.3, 0.4) is 0 Å². The molecule has 0 unspecified atom stereocenters. The van der Waals surface area contributed by atoms with Crippen molar-refractivity contribution in [3.8, 4) is 0 Å². The van der Waals surface area contributed by atoms with Gasteiger partial charge in [-0.2, -0.15) is 0 Å². The highest BCUT2D eigenvalue weighted by Crippen LogP contribution is 2.34. The molecule has 0 aromatic heterocycles. The number of esters is 2. The Labute approximate surface area is 235 Å². The van der Waals surface area contributed by atoms with Crippen molar-refractivity contribution in [2.45, 2.75) is 0 Å². The van der Waals surface area contributed by atoms with Crippen molar-refractivity contribution in [3.05, 3.63) is 145 Å². The van der Waals surface area contributed by atoms with E-state index in [9.17, 15) is 9.59 Å². The van der Waals surface area contributed by atoms with Crippen molar-refractivity contribution in [1.82, 2.24) is 0 Å². The summed E-state index contributed by atoms with van der Waals surface area (Å²) in [7, 11) is 0. The molecule has 0 saturated carbocycles. The first-order chi connectivity index (χ1) is 20.2. The fourth-order valence-corrected chi connectivity index (χ4v) is 6.26. The lowest BCUT2D eigenvalue weighted by Crippen LogP contribution is -2.13. The van der Waals surface area contributed by atoms with Crippen LogP contribution in [0.25, 0.3) is 64.6 Å². The van der Waals surface area contributed by atoms with E-state index in [2.05, 4.69) is 48.5 Å². The van der Waals surface area contributed by atoms with Crippen LogP contribution in [-0.2, 0) is 4.74 Å². The third-order valence-corrected chi connectivity index (χ3v) is 8.19. The lowest BCUT2D eigenvalue weighted by molar-refractivity contribution is 0.0400. The minimum Gasteiger partial charge on any atom is -0.386 e. The number of rotatable bonds is 2. The fourth-order valence-electron chi connectivity index (χ4n) is 6.26. The summed E-state index contributed by atoms with van der Waals surface area (Å²) in [6, 6.07) is 44.0. The van der Waals surface area contributed by atoms with Gasteiger partial charge in [0.15, 0.2) is 0 Å². The molecule has 8 rings (SSSR count). The molecule has 0 aliphatic rings. The summed E-state index contributed by atoms with van der Waals surface area (Å²) in [4.78, 5) is 26.9. The predicted molar refractivity (Wildman–Crippen MR) is 168 cm³/mol. The summed E-state index contributed by atoms with van der Waals surface area (Å²) in [6.45, 7) is 0. The second-order valence-corrected chi connectivity index (χ2v) is 10.4. The lowest BCUT2D eigenvalue weighted by atomic mass is 9.95. The van der Waals surface area contributed by atoms with Crippen LogP contribution in [0.5, 0.6) is 0 Å². The Kier molecular flexibility index (Phi) is 5.13. The van der Waals surface area contributed by atoms with Gasteiger partial charge in [-0.05, 0) is 76.8 Å². The highest BCUT2D eigenvalue weighted by atomic mass is 16.6. The van der Waals surface area contributed by atoms with Gasteiger partial charge in [-0.1, -0.05) is 121 Å². The maximum absolute atomic E-state index is 13.4. The molecule has 0 aliphatic heterocycles. The molecular formula is C38H22O3. The molecular weight excluding hydrogens is 504 g/mol. The van der Waals surface area contributed by atoms with Gasteiger partial charge < -0.3 is 4.74 Å². The van der Waals surface area contributed by atoms with Crippen LogP contribution in [0.4, 0.5) is 0 Å². The van der Waals surface area contributed by atoms with E-state index in [0.29, 0.717) is 11.1 Å². The number of benzene rings is 8. The van der Waals surface area contributed by atoms with Crippen LogP contribution >= 0.6 is 0 Å². The van der Waals surface area contributed by atoms with Crippen LogP contribution in [0.1, 0.15) is 20.7 Å². The predicted octanol–water partition coefficient (Wildman–Crippen LogP) is 9.60. The van der Waals surface area contributed by atoms with E-state index in [-0.39, 0.29) is 0 Å². The maximum atomic E-state index is 13.4. The second kappa shape index (κ2) is 9.00. The van der Waals surface area contributed by atoms with Gasteiger partial charge in [0.2, 0.25) is 0 Å². The van der Waals surface area contributed by atoms with Gasteiger partial charge in [0.05, 0.1) is 11.1 Å². The molecule has 0 spiro atoms. The zero-order chi connectivity index (χ0) is 27.5. The Morgan fingerprint density at radius 1 is 0.317 bits per heavy atom. The first-order valence-corrected chi connectivity index (χ1v) is 13.6. The molecule has 8 aromatic carbocycles. The number of hydrogen-bond acceptors (Lipinski definition) is 3. The van der Waals surface area contributed by atoms with Gasteiger partial charge >= 0.3 is 11.9 Å². The largest absolute Gasteiger partial charge is 0.386 e. The third kappa shape index (κ3) is 3.60. The molecule has 0 amide bonds. The molecule has 0 saturated heterocycles. The van der Waals surface area contributed by atoms with Gasteiger partial charge in [-0.3, -0.25) is 0 Å². The molecule has 41 heavy (non-hydrogen) atoms. The molecule has 3 nitrogen and oxygen atoms in total. The van der Waals surface area contributed by atoms with E-state index >= 15 is 0 Å². The van der Waals surface area contributed by atoms with Crippen molar-refractivity contribution >= 4 is 76.6 Å². The van der Waals surface area contributed by atoms with Crippen LogP contribution < -0.4 is 0 Å². The normalized spacial score (nSPS) is 11.6. The molecule has 0 atom stereocenters. The van der Waals surface area contributed by atoms with E-state index in [1.807, 2.05) is 72.8 Å². The Bertz CT molecular complexity index is 2210. The number of fused-ring (bicyclic) bond motifs is 10. The summed E-state index contributed by atoms with van der Waals surface area (Å²) in [5.41, 5.74) is 0.728. The second-order valence-electron chi connectivity index (χ2n) is 10.4. The number of carbonyl (C=O) groups is 2. The standard InChI is InChI=1S/C38H22O3/c39-37(35-13-5-11-27-31-17-15-23-7-1-3-9-25(23)29(31)19-21-33(27)35)41-38(40)36-14-6-12-28-32-18-16-24-8-2-4-10-26(24)30(32)20-22-34(28)36/h1-22H. The summed E-state index contributed by atoms with van der Waals surface area (Å²) in [5, 5.41) is 12.4. The van der Waals surface area contributed by atoms with Gasteiger partial charge in [-0.25, -0.2) is 9.59 Å². The summed E-state index contributed by atoms with van der Waals surface area (Å²) in [5.74, 6) is -1.32. The minimum atomic E-state index is -0.662. The van der Waals surface area contributed by atoms with Gasteiger partial charge in [0, 0.05) is 0 Å². The Balaban J connectivity index is 1.20. The van der Waals surface area contributed by atoms with Crippen LogP contribution in [0.2, 0.25) is 0 Å². The zero-order valence-electron chi connectivity index (χ0n) is 21.9. The van der Waals surface area contributed by atoms with Gasteiger partial charge in [0.25, 0.3) is 0 Å². The van der Waals surface area contributed by atoms with E-state index in [0.717, 1.165) is 64.6 Å². The fraction of sp³-hybridized carbons (Fsp3) is 0. The van der Waals surface area contributed by atoms with Gasteiger partial charge in [0.1, 0.15) is 0 Å². The summed E-state index contributed by atoms with van der Waals surface area (Å²) in [6.07, 6.45) is 0. The molecule has 192 valence electrons. The first-order valence-electron chi connectivity index (χ1n) is 13.6. The number of ether oxygens (including phenoxy) is 1. The summed E-state index contributed by atoms with van der Waals surface area (Å²) >= 11 is 0. The Morgan fingerprint density at radius 3 is 1.15 bits per heavy atom. The van der Waals surface area contributed by atoms with Crippen molar-refractivity contribution in [1.29, 1.82) is 0 Å². The van der Waals surface area contributed by atoms with Crippen LogP contribution in [-0.4, -0.2) is 11.9 Å². The van der Waals surface area contributed by atoms with E-state index in [1.165, 1.54) is 0 Å². The molecule has 3 heteroatoms. The Morgan fingerprint density at radius 2 is 0.659 bits per heavy atom.